The summed E-state index contributed by atoms with van der Waals surface area (Å²) in [4.78, 5) is 1.33. The van der Waals surface area contributed by atoms with Crippen LogP contribution >= 0.6 is 11.8 Å². The van der Waals surface area contributed by atoms with Crippen molar-refractivity contribution in [1.29, 1.82) is 0 Å². The van der Waals surface area contributed by atoms with E-state index in [0.717, 1.165) is 12.2 Å². The minimum atomic E-state index is 0.253. The third kappa shape index (κ3) is 5.17. The van der Waals surface area contributed by atoms with E-state index in [4.69, 9.17) is 0 Å². The molecule has 0 aliphatic heterocycles. The van der Waals surface area contributed by atoms with Gasteiger partial charge in [0.15, 0.2) is 0 Å². The van der Waals surface area contributed by atoms with Gasteiger partial charge in [0.1, 0.15) is 0 Å². The van der Waals surface area contributed by atoms with E-state index in [9.17, 15) is 5.11 Å². The van der Waals surface area contributed by atoms with E-state index < -0.39 is 0 Å². The van der Waals surface area contributed by atoms with Crippen molar-refractivity contribution < 1.29 is 5.11 Å². The summed E-state index contributed by atoms with van der Waals surface area (Å²) in [5.74, 6) is 1.66. The van der Waals surface area contributed by atoms with E-state index in [1.807, 2.05) is 11.8 Å². The van der Waals surface area contributed by atoms with Gasteiger partial charge >= 0.3 is 0 Å². The van der Waals surface area contributed by atoms with Crippen LogP contribution in [0.5, 0.6) is 0 Å². The standard InChI is InChI=1S/C16H25NOS/c1-12(2)13-3-7-16(8-4-13)19-10-9-15(11-18)17-14-5-6-14/h3-4,7-8,12,14-15,17-18H,5-6,9-11H2,1-2H3. The molecule has 0 heterocycles. The second-order valence-electron chi connectivity index (χ2n) is 5.68. The van der Waals surface area contributed by atoms with Gasteiger partial charge in [-0.05, 0) is 48.6 Å². The SMILES string of the molecule is CC(C)c1ccc(SCCC(CO)NC2CC2)cc1. The molecule has 0 saturated heterocycles. The molecule has 1 atom stereocenters. The molecule has 106 valence electrons. The van der Waals surface area contributed by atoms with Gasteiger partial charge in [0.2, 0.25) is 0 Å². The quantitative estimate of drug-likeness (QED) is 0.715. The molecule has 1 aromatic carbocycles. The predicted molar refractivity (Wildman–Crippen MR) is 82.9 cm³/mol. The van der Waals surface area contributed by atoms with Crippen molar-refractivity contribution in [1.82, 2.24) is 5.32 Å². The Hall–Kier alpha value is -0.510. The van der Waals surface area contributed by atoms with E-state index >= 15 is 0 Å². The van der Waals surface area contributed by atoms with E-state index in [1.165, 1.54) is 23.3 Å². The number of aliphatic hydroxyl groups excluding tert-OH is 1. The van der Waals surface area contributed by atoms with Gasteiger partial charge in [0, 0.05) is 17.0 Å². The maximum atomic E-state index is 9.33. The molecule has 1 aliphatic rings. The lowest BCUT2D eigenvalue weighted by Crippen LogP contribution is -2.34. The number of benzene rings is 1. The van der Waals surface area contributed by atoms with Crippen LogP contribution in [0, 0.1) is 0 Å². The minimum Gasteiger partial charge on any atom is -0.395 e. The normalized spacial score (nSPS) is 16.8. The molecule has 2 N–H and O–H groups in total. The summed E-state index contributed by atoms with van der Waals surface area (Å²) in [5.41, 5.74) is 1.40. The van der Waals surface area contributed by atoms with Crippen LogP contribution in [-0.4, -0.2) is 29.5 Å². The lowest BCUT2D eigenvalue weighted by atomic mass is 10.0. The van der Waals surface area contributed by atoms with Gasteiger partial charge in [0.25, 0.3) is 0 Å². The zero-order valence-corrected chi connectivity index (χ0v) is 12.7. The first-order valence-electron chi connectivity index (χ1n) is 7.28. The Balaban J connectivity index is 1.71. The number of nitrogens with one attached hydrogen (secondary N) is 1. The summed E-state index contributed by atoms with van der Waals surface area (Å²) in [6.45, 7) is 4.69. The molecular weight excluding hydrogens is 254 g/mol. The lowest BCUT2D eigenvalue weighted by Gasteiger charge is -2.15. The fourth-order valence-corrected chi connectivity index (χ4v) is 3.05. The molecule has 0 spiro atoms. The Bertz CT molecular complexity index is 373. The van der Waals surface area contributed by atoms with Crippen LogP contribution in [0.25, 0.3) is 0 Å². The van der Waals surface area contributed by atoms with Crippen LogP contribution in [0.2, 0.25) is 0 Å². The van der Waals surface area contributed by atoms with Crippen molar-refractivity contribution in [3.63, 3.8) is 0 Å². The summed E-state index contributed by atoms with van der Waals surface area (Å²) < 4.78 is 0. The fraction of sp³-hybridized carbons (Fsp3) is 0.625. The molecule has 0 amide bonds. The second-order valence-corrected chi connectivity index (χ2v) is 6.85. The Morgan fingerprint density at radius 2 is 1.95 bits per heavy atom. The molecule has 1 aromatic rings. The molecule has 0 radical (unpaired) electrons. The molecule has 2 nitrogen and oxygen atoms in total. The Morgan fingerprint density at radius 3 is 2.47 bits per heavy atom. The van der Waals surface area contributed by atoms with Crippen LogP contribution in [0.4, 0.5) is 0 Å². The molecule has 0 aromatic heterocycles. The van der Waals surface area contributed by atoms with E-state index in [-0.39, 0.29) is 12.6 Å². The van der Waals surface area contributed by atoms with Gasteiger partial charge in [-0.15, -0.1) is 11.8 Å². The molecular formula is C16H25NOS. The van der Waals surface area contributed by atoms with Crippen LogP contribution in [0.1, 0.15) is 44.6 Å². The molecule has 19 heavy (non-hydrogen) atoms. The molecule has 1 aliphatic carbocycles. The Morgan fingerprint density at radius 1 is 1.26 bits per heavy atom. The van der Waals surface area contributed by atoms with Gasteiger partial charge in [-0.1, -0.05) is 26.0 Å². The van der Waals surface area contributed by atoms with Crippen molar-refractivity contribution in [3.8, 4) is 0 Å². The van der Waals surface area contributed by atoms with Crippen LogP contribution in [-0.2, 0) is 0 Å². The summed E-state index contributed by atoms with van der Waals surface area (Å²) >= 11 is 1.88. The summed E-state index contributed by atoms with van der Waals surface area (Å²) in [6, 6.07) is 9.81. The third-order valence-corrected chi connectivity index (χ3v) is 4.60. The summed E-state index contributed by atoms with van der Waals surface area (Å²) in [6.07, 6.45) is 3.59. The Kier molecular flexibility index (Phi) is 5.74. The summed E-state index contributed by atoms with van der Waals surface area (Å²) in [5, 5.41) is 12.8. The van der Waals surface area contributed by atoms with Gasteiger partial charge < -0.3 is 10.4 Å². The zero-order chi connectivity index (χ0) is 13.7. The number of rotatable bonds is 8. The van der Waals surface area contributed by atoms with Crippen molar-refractivity contribution in [3.05, 3.63) is 29.8 Å². The van der Waals surface area contributed by atoms with Crippen molar-refractivity contribution in [2.24, 2.45) is 0 Å². The molecule has 1 saturated carbocycles. The highest BCUT2D eigenvalue weighted by atomic mass is 32.2. The van der Waals surface area contributed by atoms with Crippen molar-refractivity contribution >= 4 is 11.8 Å². The lowest BCUT2D eigenvalue weighted by molar-refractivity contribution is 0.239. The summed E-state index contributed by atoms with van der Waals surface area (Å²) in [7, 11) is 0. The van der Waals surface area contributed by atoms with Gasteiger partial charge in [-0.3, -0.25) is 0 Å². The molecule has 0 bridgehead atoms. The van der Waals surface area contributed by atoms with Crippen molar-refractivity contribution in [2.45, 2.75) is 56.0 Å². The van der Waals surface area contributed by atoms with E-state index in [2.05, 4.69) is 43.4 Å². The first-order chi connectivity index (χ1) is 9.19. The van der Waals surface area contributed by atoms with Gasteiger partial charge in [0.05, 0.1) is 6.61 Å². The van der Waals surface area contributed by atoms with E-state index in [0.29, 0.717) is 12.0 Å². The largest absolute Gasteiger partial charge is 0.395 e. The Labute approximate surface area is 121 Å². The van der Waals surface area contributed by atoms with Crippen molar-refractivity contribution in [2.75, 3.05) is 12.4 Å². The minimum absolute atomic E-state index is 0.253. The number of hydrogen-bond donors (Lipinski definition) is 2. The topological polar surface area (TPSA) is 32.3 Å². The maximum Gasteiger partial charge on any atom is 0.0585 e. The highest BCUT2D eigenvalue weighted by Gasteiger charge is 2.23. The van der Waals surface area contributed by atoms with Crippen LogP contribution < -0.4 is 5.32 Å². The fourth-order valence-electron chi connectivity index (χ4n) is 2.08. The number of aliphatic hydroxyl groups is 1. The average Bonchev–Trinajstić information content (AvgIpc) is 3.22. The first kappa shape index (κ1) is 14.9. The average molecular weight is 279 g/mol. The van der Waals surface area contributed by atoms with Gasteiger partial charge in [-0.2, -0.15) is 0 Å². The van der Waals surface area contributed by atoms with Gasteiger partial charge in [-0.25, -0.2) is 0 Å². The zero-order valence-electron chi connectivity index (χ0n) is 11.9. The second kappa shape index (κ2) is 7.32. The monoisotopic (exact) mass is 279 g/mol. The third-order valence-electron chi connectivity index (χ3n) is 3.55. The van der Waals surface area contributed by atoms with E-state index in [1.54, 1.807) is 0 Å². The van der Waals surface area contributed by atoms with Crippen LogP contribution in [0.3, 0.4) is 0 Å². The van der Waals surface area contributed by atoms with Crippen LogP contribution in [0.15, 0.2) is 29.2 Å². The maximum absolute atomic E-state index is 9.33. The number of hydrogen-bond acceptors (Lipinski definition) is 3. The molecule has 2 rings (SSSR count). The first-order valence-corrected chi connectivity index (χ1v) is 8.27. The molecule has 1 unspecified atom stereocenters. The smallest absolute Gasteiger partial charge is 0.0585 e. The number of thioether (sulfide) groups is 1. The molecule has 3 heteroatoms. The predicted octanol–water partition coefficient (Wildman–Crippen LogP) is 3.41. The highest BCUT2D eigenvalue weighted by molar-refractivity contribution is 7.99. The highest BCUT2D eigenvalue weighted by Crippen LogP contribution is 2.24. The molecule has 1 fully saturated rings.